The van der Waals surface area contributed by atoms with Crippen LogP contribution in [0.5, 0.6) is 0 Å². The van der Waals surface area contributed by atoms with E-state index < -0.39 is 0 Å². The van der Waals surface area contributed by atoms with Crippen LogP contribution in [-0.4, -0.2) is 25.0 Å². The first-order valence-corrected chi connectivity index (χ1v) is 4.89. The lowest BCUT2D eigenvalue weighted by Gasteiger charge is -1.97. The van der Waals surface area contributed by atoms with E-state index in [-0.39, 0.29) is 0 Å². The maximum atomic E-state index is 4.08. The zero-order valence-electron chi connectivity index (χ0n) is 7.03. The standard InChI is InChI=1S/C8H5N5S/c1-2-7(14-3-1)6-4-9-5-8-10-11-12-13(6)8/h1-5H. The fourth-order valence-corrected chi connectivity index (χ4v) is 1.99. The molecule has 0 aromatic carbocycles. The van der Waals surface area contributed by atoms with Crippen molar-refractivity contribution < 1.29 is 0 Å². The molecular weight excluding hydrogens is 198 g/mol. The maximum absolute atomic E-state index is 4.08. The Morgan fingerprint density at radius 3 is 3.14 bits per heavy atom. The summed E-state index contributed by atoms with van der Waals surface area (Å²) in [6, 6.07) is 4.01. The summed E-state index contributed by atoms with van der Waals surface area (Å²) in [6.07, 6.45) is 3.40. The van der Waals surface area contributed by atoms with Gasteiger partial charge in [0, 0.05) is 0 Å². The lowest BCUT2D eigenvalue weighted by molar-refractivity contribution is 0.826. The fraction of sp³-hybridized carbons (Fsp3) is 0. The second kappa shape index (κ2) is 2.85. The minimum absolute atomic E-state index is 0.663. The van der Waals surface area contributed by atoms with Crippen LogP contribution in [0.25, 0.3) is 16.2 Å². The van der Waals surface area contributed by atoms with Crippen LogP contribution in [0.4, 0.5) is 0 Å². The van der Waals surface area contributed by atoms with Crippen LogP contribution in [0.1, 0.15) is 0 Å². The van der Waals surface area contributed by atoms with Gasteiger partial charge in [0.15, 0.2) is 5.65 Å². The summed E-state index contributed by atoms with van der Waals surface area (Å²) >= 11 is 1.64. The average Bonchev–Trinajstić information content (AvgIpc) is 2.88. The molecule has 0 N–H and O–H groups in total. The van der Waals surface area contributed by atoms with Gasteiger partial charge in [0.2, 0.25) is 0 Å². The predicted octanol–water partition coefficient (Wildman–Crippen LogP) is 1.25. The Bertz CT molecular complexity index is 556. The molecule has 0 bridgehead atoms. The molecule has 3 aromatic rings. The average molecular weight is 203 g/mol. The molecule has 0 aliphatic rings. The third kappa shape index (κ3) is 1.01. The summed E-state index contributed by atoms with van der Waals surface area (Å²) < 4.78 is 1.68. The SMILES string of the molecule is c1csc(-c2cncc3nnnn23)c1. The highest BCUT2D eigenvalue weighted by Crippen LogP contribution is 2.23. The third-order valence-corrected chi connectivity index (χ3v) is 2.77. The van der Waals surface area contributed by atoms with Gasteiger partial charge in [-0.15, -0.1) is 16.4 Å². The number of rotatable bonds is 1. The summed E-state index contributed by atoms with van der Waals surface area (Å²) in [4.78, 5) is 5.19. The largest absolute Gasteiger partial charge is 0.258 e. The van der Waals surface area contributed by atoms with Gasteiger partial charge in [-0.25, -0.2) is 0 Å². The Morgan fingerprint density at radius 1 is 1.29 bits per heavy atom. The molecule has 3 heterocycles. The van der Waals surface area contributed by atoms with Crippen molar-refractivity contribution in [2.24, 2.45) is 0 Å². The van der Waals surface area contributed by atoms with E-state index in [0.29, 0.717) is 5.65 Å². The molecule has 0 aliphatic carbocycles. The first kappa shape index (κ1) is 7.57. The molecule has 6 heteroatoms. The number of nitrogens with zero attached hydrogens (tertiary/aromatic N) is 5. The van der Waals surface area contributed by atoms with E-state index in [0.717, 1.165) is 10.6 Å². The zero-order chi connectivity index (χ0) is 9.38. The van der Waals surface area contributed by atoms with Crippen LogP contribution in [0.2, 0.25) is 0 Å². The van der Waals surface area contributed by atoms with Gasteiger partial charge in [0.05, 0.1) is 17.3 Å². The van der Waals surface area contributed by atoms with E-state index in [4.69, 9.17) is 0 Å². The molecular formula is C8H5N5S. The van der Waals surface area contributed by atoms with Gasteiger partial charge >= 0.3 is 0 Å². The number of thiophene rings is 1. The van der Waals surface area contributed by atoms with Gasteiger partial charge in [-0.1, -0.05) is 6.07 Å². The van der Waals surface area contributed by atoms with E-state index >= 15 is 0 Å². The molecule has 3 aromatic heterocycles. The van der Waals surface area contributed by atoms with Crippen molar-refractivity contribution in [3.05, 3.63) is 29.9 Å². The Balaban J connectivity index is 2.36. The highest BCUT2D eigenvalue weighted by atomic mass is 32.1. The summed E-state index contributed by atoms with van der Waals surface area (Å²) in [5, 5.41) is 13.3. The van der Waals surface area contributed by atoms with Gasteiger partial charge in [-0.3, -0.25) is 4.98 Å². The second-order valence-corrected chi connectivity index (χ2v) is 3.67. The smallest absolute Gasteiger partial charge is 0.198 e. The molecule has 0 saturated heterocycles. The van der Waals surface area contributed by atoms with E-state index in [1.165, 1.54) is 0 Å². The Morgan fingerprint density at radius 2 is 2.29 bits per heavy atom. The van der Waals surface area contributed by atoms with Gasteiger partial charge < -0.3 is 0 Å². The van der Waals surface area contributed by atoms with E-state index in [9.17, 15) is 0 Å². The quantitative estimate of drug-likeness (QED) is 0.597. The highest BCUT2D eigenvalue weighted by Gasteiger charge is 2.06. The lowest BCUT2D eigenvalue weighted by Crippen LogP contribution is -1.93. The molecule has 3 rings (SSSR count). The molecule has 0 spiro atoms. The molecule has 0 saturated carbocycles. The van der Waals surface area contributed by atoms with Gasteiger partial charge in [0.1, 0.15) is 5.69 Å². The van der Waals surface area contributed by atoms with Crippen LogP contribution in [0.3, 0.4) is 0 Å². The molecule has 0 atom stereocenters. The first-order valence-electron chi connectivity index (χ1n) is 4.01. The Labute approximate surface area is 83.0 Å². The molecule has 5 nitrogen and oxygen atoms in total. The monoisotopic (exact) mass is 203 g/mol. The van der Waals surface area contributed by atoms with Crippen LogP contribution >= 0.6 is 11.3 Å². The van der Waals surface area contributed by atoms with Crippen LogP contribution < -0.4 is 0 Å². The molecule has 0 radical (unpaired) electrons. The maximum Gasteiger partial charge on any atom is 0.198 e. The third-order valence-electron chi connectivity index (χ3n) is 1.88. The van der Waals surface area contributed by atoms with Crippen molar-refractivity contribution in [1.29, 1.82) is 0 Å². The Kier molecular flexibility index (Phi) is 1.54. The minimum Gasteiger partial charge on any atom is -0.258 e. The van der Waals surface area contributed by atoms with Crippen molar-refractivity contribution in [2.75, 3.05) is 0 Å². The van der Waals surface area contributed by atoms with E-state index in [1.807, 2.05) is 17.5 Å². The molecule has 68 valence electrons. The van der Waals surface area contributed by atoms with Crippen molar-refractivity contribution in [2.45, 2.75) is 0 Å². The van der Waals surface area contributed by atoms with E-state index in [2.05, 4.69) is 20.5 Å². The molecule has 0 amide bonds. The lowest BCUT2D eigenvalue weighted by atomic mass is 10.3. The summed E-state index contributed by atoms with van der Waals surface area (Å²) in [5.74, 6) is 0. The van der Waals surface area contributed by atoms with Crippen molar-refractivity contribution >= 4 is 17.0 Å². The molecule has 0 fully saturated rings. The fourth-order valence-electron chi connectivity index (χ4n) is 1.27. The van der Waals surface area contributed by atoms with Crippen molar-refractivity contribution in [1.82, 2.24) is 25.0 Å². The number of fused-ring (bicyclic) bond motifs is 1. The molecule has 0 unspecified atom stereocenters. The molecule has 0 aliphatic heterocycles. The van der Waals surface area contributed by atoms with Crippen LogP contribution in [0, 0.1) is 0 Å². The topological polar surface area (TPSA) is 56.0 Å². The number of hydrogen-bond acceptors (Lipinski definition) is 5. The van der Waals surface area contributed by atoms with Crippen LogP contribution in [0.15, 0.2) is 29.9 Å². The highest BCUT2D eigenvalue weighted by molar-refractivity contribution is 7.13. The minimum atomic E-state index is 0.663. The molecule has 14 heavy (non-hydrogen) atoms. The number of aromatic nitrogens is 5. The summed E-state index contributed by atoms with van der Waals surface area (Å²) in [7, 11) is 0. The summed E-state index contributed by atoms with van der Waals surface area (Å²) in [6.45, 7) is 0. The normalized spacial score (nSPS) is 10.9. The van der Waals surface area contributed by atoms with Crippen molar-refractivity contribution in [3.8, 4) is 10.6 Å². The number of hydrogen-bond donors (Lipinski definition) is 0. The summed E-state index contributed by atoms with van der Waals surface area (Å²) in [5.41, 5.74) is 1.58. The second-order valence-electron chi connectivity index (χ2n) is 2.72. The predicted molar refractivity (Wildman–Crippen MR) is 51.9 cm³/mol. The first-order chi connectivity index (χ1) is 6.95. The van der Waals surface area contributed by atoms with Gasteiger partial charge in [0.25, 0.3) is 0 Å². The zero-order valence-corrected chi connectivity index (χ0v) is 7.85. The van der Waals surface area contributed by atoms with E-state index in [1.54, 1.807) is 28.2 Å². The van der Waals surface area contributed by atoms with Crippen LogP contribution in [-0.2, 0) is 0 Å². The van der Waals surface area contributed by atoms with Crippen molar-refractivity contribution in [3.63, 3.8) is 0 Å². The Hall–Kier alpha value is -1.82. The van der Waals surface area contributed by atoms with Gasteiger partial charge in [-0.2, -0.15) is 4.52 Å². The van der Waals surface area contributed by atoms with Gasteiger partial charge in [-0.05, 0) is 21.9 Å². The number of tetrazole rings is 1.